The number of aliphatic hydroxyl groups excluding tert-OH is 1. The maximum absolute atomic E-state index is 12.5. The SMILES string of the molecule is CCCCCCCCCC[C@@H](C(=O)O)C(C)CC(C(=O)O)C(CCCCCCCCC)SC[C@H](N)C(=O)NCCO. The molecule has 5 atom stereocenters. The Morgan fingerprint density at radius 2 is 1.20 bits per heavy atom. The summed E-state index contributed by atoms with van der Waals surface area (Å²) in [5.74, 6) is -3.38. The quantitative estimate of drug-likeness (QED) is 0.0599. The predicted octanol–water partition coefficient (Wildman–Crippen LogP) is 6.62. The molecule has 8 nitrogen and oxygen atoms in total. The van der Waals surface area contributed by atoms with E-state index in [1.807, 2.05) is 6.92 Å². The molecule has 1 amide bonds. The summed E-state index contributed by atoms with van der Waals surface area (Å²) in [6.45, 7) is 6.22. The van der Waals surface area contributed by atoms with E-state index in [0.717, 1.165) is 38.5 Å². The lowest BCUT2D eigenvalue weighted by Crippen LogP contribution is -2.44. The van der Waals surface area contributed by atoms with Gasteiger partial charge in [-0.1, -0.05) is 117 Å². The fourth-order valence-electron chi connectivity index (χ4n) is 5.44. The van der Waals surface area contributed by atoms with Crippen molar-refractivity contribution in [1.82, 2.24) is 5.32 Å². The molecule has 3 unspecified atom stereocenters. The predicted molar refractivity (Wildman–Crippen MR) is 170 cm³/mol. The Hall–Kier alpha value is -1.32. The average Bonchev–Trinajstić information content (AvgIpc) is 2.94. The molecule has 0 aliphatic rings. The monoisotopic (exact) mass is 602 g/mol. The lowest BCUT2D eigenvalue weighted by Gasteiger charge is -2.29. The van der Waals surface area contributed by atoms with Crippen molar-refractivity contribution in [2.24, 2.45) is 23.5 Å². The lowest BCUT2D eigenvalue weighted by atomic mass is 9.81. The number of unbranched alkanes of at least 4 members (excludes halogenated alkanes) is 13. The molecule has 242 valence electrons. The Morgan fingerprint density at radius 3 is 1.66 bits per heavy atom. The van der Waals surface area contributed by atoms with Gasteiger partial charge in [0.2, 0.25) is 5.91 Å². The van der Waals surface area contributed by atoms with Gasteiger partial charge >= 0.3 is 11.9 Å². The van der Waals surface area contributed by atoms with E-state index in [9.17, 15) is 24.6 Å². The molecule has 9 heteroatoms. The Bertz CT molecular complexity index is 681. The third-order valence-electron chi connectivity index (χ3n) is 8.09. The molecule has 6 N–H and O–H groups in total. The van der Waals surface area contributed by atoms with Crippen LogP contribution in [0.3, 0.4) is 0 Å². The third-order valence-corrected chi connectivity index (χ3v) is 9.64. The molecule has 41 heavy (non-hydrogen) atoms. The normalized spacial score (nSPS) is 15.1. The average molecular weight is 603 g/mol. The highest BCUT2D eigenvalue weighted by atomic mass is 32.2. The molecule has 0 spiro atoms. The van der Waals surface area contributed by atoms with Crippen LogP contribution in [-0.2, 0) is 14.4 Å². The highest BCUT2D eigenvalue weighted by molar-refractivity contribution is 8.00. The van der Waals surface area contributed by atoms with Crippen molar-refractivity contribution >= 4 is 29.6 Å². The molecule has 0 saturated carbocycles. The van der Waals surface area contributed by atoms with Crippen LogP contribution in [0.5, 0.6) is 0 Å². The van der Waals surface area contributed by atoms with Crippen LogP contribution in [-0.4, -0.2) is 63.4 Å². The first-order chi connectivity index (χ1) is 19.7. The Balaban J connectivity index is 5.19. The maximum Gasteiger partial charge on any atom is 0.307 e. The number of carboxylic acids is 2. The van der Waals surface area contributed by atoms with E-state index in [2.05, 4.69) is 19.2 Å². The number of nitrogens with one attached hydrogen (secondary N) is 1. The van der Waals surface area contributed by atoms with Crippen LogP contribution in [0.15, 0.2) is 0 Å². The summed E-state index contributed by atoms with van der Waals surface area (Å²) in [4.78, 5) is 36.9. The molecular formula is C32H62N2O6S. The van der Waals surface area contributed by atoms with Crippen molar-refractivity contribution in [2.45, 2.75) is 148 Å². The minimum Gasteiger partial charge on any atom is -0.481 e. The summed E-state index contributed by atoms with van der Waals surface area (Å²) in [5.41, 5.74) is 6.07. The minimum atomic E-state index is -0.910. The van der Waals surface area contributed by atoms with Crippen molar-refractivity contribution in [1.29, 1.82) is 0 Å². The van der Waals surface area contributed by atoms with E-state index < -0.39 is 29.8 Å². The number of aliphatic carboxylic acids is 2. The minimum absolute atomic E-state index is 0.128. The highest BCUT2D eigenvalue weighted by Crippen LogP contribution is 2.34. The maximum atomic E-state index is 12.5. The van der Waals surface area contributed by atoms with Gasteiger partial charge in [0, 0.05) is 17.5 Å². The van der Waals surface area contributed by atoms with Gasteiger partial charge in [-0.15, -0.1) is 0 Å². The second kappa shape index (κ2) is 26.3. The Morgan fingerprint density at radius 1 is 0.732 bits per heavy atom. The molecule has 0 aromatic carbocycles. The first-order valence-electron chi connectivity index (χ1n) is 16.4. The molecule has 0 radical (unpaired) electrons. The fraction of sp³-hybridized carbons (Fsp3) is 0.906. The van der Waals surface area contributed by atoms with Gasteiger partial charge in [-0.05, 0) is 25.2 Å². The molecule has 0 aliphatic carbocycles. The smallest absolute Gasteiger partial charge is 0.307 e. The summed E-state index contributed by atoms with van der Waals surface area (Å²) in [6, 6.07) is -0.802. The zero-order valence-corrected chi connectivity index (χ0v) is 27.1. The van der Waals surface area contributed by atoms with Gasteiger partial charge < -0.3 is 26.4 Å². The lowest BCUT2D eigenvalue weighted by molar-refractivity contribution is -0.147. The number of hydrogen-bond acceptors (Lipinski definition) is 6. The number of thioether (sulfide) groups is 1. The summed E-state index contributed by atoms with van der Waals surface area (Å²) >= 11 is 1.42. The third kappa shape index (κ3) is 20.3. The highest BCUT2D eigenvalue weighted by Gasteiger charge is 2.34. The van der Waals surface area contributed by atoms with E-state index in [4.69, 9.17) is 10.8 Å². The molecule has 0 heterocycles. The number of carbonyl (C=O) groups is 3. The van der Waals surface area contributed by atoms with Gasteiger partial charge in [-0.2, -0.15) is 11.8 Å². The van der Waals surface area contributed by atoms with Crippen molar-refractivity contribution in [3.8, 4) is 0 Å². The van der Waals surface area contributed by atoms with Crippen LogP contribution in [0.2, 0.25) is 0 Å². The van der Waals surface area contributed by atoms with E-state index in [1.54, 1.807) is 0 Å². The first kappa shape index (κ1) is 39.7. The van der Waals surface area contributed by atoms with Gasteiger partial charge in [-0.25, -0.2) is 0 Å². The van der Waals surface area contributed by atoms with Crippen LogP contribution in [0.4, 0.5) is 0 Å². The zero-order chi connectivity index (χ0) is 30.9. The van der Waals surface area contributed by atoms with E-state index >= 15 is 0 Å². The van der Waals surface area contributed by atoms with Crippen LogP contribution in [0.1, 0.15) is 136 Å². The van der Waals surface area contributed by atoms with Crippen LogP contribution < -0.4 is 11.1 Å². The van der Waals surface area contributed by atoms with Crippen molar-refractivity contribution in [2.75, 3.05) is 18.9 Å². The van der Waals surface area contributed by atoms with Gasteiger partial charge in [0.1, 0.15) is 0 Å². The molecule has 0 aliphatic heterocycles. The van der Waals surface area contributed by atoms with E-state index in [-0.39, 0.29) is 36.0 Å². The van der Waals surface area contributed by atoms with E-state index in [1.165, 1.54) is 69.5 Å². The largest absolute Gasteiger partial charge is 0.481 e. The molecule has 0 fully saturated rings. The summed E-state index contributed by atoms with van der Waals surface area (Å²) in [6.07, 6.45) is 18.6. The van der Waals surface area contributed by atoms with Crippen molar-refractivity contribution in [3.05, 3.63) is 0 Å². The molecule has 0 aromatic rings. The summed E-state index contributed by atoms with van der Waals surface area (Å²) < 4.78 is 0. The standard InChI is InChI=1S/C32H62N2O6S/c1-4-6-8-10-12-14-15-17-19-26(31(37)38)25(3)23-27(32(39)40)29(20-18-16-13-11-9-7-5-2)41-24-28(33)30(36)34-21-22-35/h25-29,35H,4-24,33H2,1-3H3,(H,34,36)(H,37,38)(H,39,40)/t25?,26-,27?,28+,29?/m1/s1. The molecule has 0 bridgehead atoms. The molecule has 0 rings (SSSR count). The van der Waals surface area contributed by atoms with E-state index in [0.29, 0.717) is 19.3 Å². The number of amides is 1. The summed E-state index contributed by atoms with van der Waals surface area (Å²) in [5, 5.41) is 31.5. The second-order valence-corrected chi connectivity index (χ2v) is 13.0. The van der Waals surface area contributed by atoms with Gasteiger partial charge in [0.15, 0.2) is 0 Å². The number of aliphatic hydroxyl groups is 1. The fourth-order valence-corrected chi connectivity index (χ4v) is 6.84. The van der Waals surface area contributed by atoms with Crippen LogP contribution >= 0.6 is 11.8 Å². The van der Waals surface area contributed by atoms with Crippen LogP contribution in [0, 0.1) is 17.8 Å². The topological polar surface area (TPSA) is 150 Å². The molecule has 0 saturated heterocycles. The van der Waals surface area contributed by atoms with Crippen LogP contribution in [0.25, 0.3) is 0 Å². The zero-order valence-electron chi connectivity index (χ0n) is 26.3. The van der Waals surface area contributed by atoms with Gasteiger partial charge in [0.25, 0.3) is 0 Å². The number of carbonyl (C=O) groups excluding carboxylic acids is 1. The number of hydrogen-bond donors (Lipinski definition) is 5. The van der Waals surface area contributed by atoms with Crippen molar-refractivity contribution < 1.29 is 29.7 Å². The Kier molecular flexibility index (Phi) is 25.5. The first-order valence-corrected chi connectivity index (χ1v) is 17.5. The van der Waals surface area contributed by atoms with Crippen molar-refractivity contribution in [3.63, 3.8) is 0 Å². The molecular weight excluding hydrogens is 540 g/mol. The van der Waals surface area contributed by atoms with Gasteiger partial charge in [-0.3, -0.25) is 14.4 Å². The number of nitrogens with two attached hydrogens (primary N) is 1. The summed E-state index contributed by atoms with van der Waals surface area (Å²) in [7, 11) is 0. The molecule has 0 aromatic heterocycles. The van der Waals surface area contributed by atoms with Gasteiger partial charge in [0.05, 0.1) is 24.5 Å². The second-order valence-electron chi connectivity index (χ2n) is 11.8. The Labute approximate surface area is 254 Å². The number of carboxylic acid groups (broad SMARTS) is 2. The number of rotatable bonds is 29.